The number of benzene rings is 1. The molecule has 2 N–H and O–H groups in total. The first-order valence-electron chi connectivity index (χ1n) is 5.93. The van der Waals surface area contributed by atoms with Gasteiger partial charge in [0.15, 0.2) is 6.10 Å². The van der Waals surface area contributed by atoms with Gasteiger partial charge in [0.2, 0.25) is 0 Å². The summed E-state index contributed by atoms with van der Waals surface area (Å²) in [6.07, 6.45) is 0.0113. The largest absolute Gasteiger partial charge is 0.479 e. The van der Waals surface area contributed by atoms with Crippen molar-refractivity contribution in [2.24, 2.45) is 0 Å². The molecule has 1 unspecified atom stereocenters. The van der Waals surface area contributed by atoms with E-state index in [9.17, 15) is 9.18 Å². The van der Waals surface area contributed by atoms with Gasteiger partial charge in [-0.3, -0.25) is 0 Å². The molecule has 0 saturated heterocycles. The fraction of sp³-hybridized carbons (Fsp3) is 0.462. The van der Waals surface area contributed by atoms with Crippen LogP contribution in [0.5, 0.6) is 5.75 Å². The number of hydrogen-bond donors (Lipinski definition) is 2. The maximum atomic E-state index is 13.2. The first-order chi connectivity index (χ1) is 8.54. The first-order valence-corrected chi connectivity index (χ1v) is 5.93. The summed E-state index contributed by atoms with van der Waals surface area (Å²) < 4.78 is 18.4. The SMILES string of the molecule is CCCNCc1cc(F)ccc1OC(C)C(=O)O. The van der Waals surface area contributed by atoms with Crippen LogP contribution in [0.1, 0.15) is 25.8 Å². The Morgan fingerprint density at radius 1 is 1.56 bits per heavy atom. The third-order valence-electron chi connectivity index (χ3n) is 2.42. The van der Waals surface area contributed by atoms with Crippen molar-refractivity contribution in [3.8, 4) is 5.75 Å². The van der Waals surface area contributed by atoms with Gasteiger partial charge in [-0.2, -0.15) is 0 Å². The number of carbonyl (C=O) groups is 1. The van der Waals surface area contributed by atoms with Gasteiger partial charge in [0.25, 0.3) is 0 Å². The fourth-order valence-corrected chi connectivity index (χ4v) is 1.44. The molecule has 0 aliphatic carbocycles. The van der Waals surface area contributed by atoms with Crippen molar-refractivity contribution in [1.29, 1.82) is 0 Å². The molecule has 0 aromatic heterocycles. The molecular weight excluding hydrogens is 237 g/mol. The Hall–Kier alpha value is -1.62. The number of hydrogen-bond acceptors (Lipinski definition) is 3. The van der Waals surface area contributed by atoms with Crippen LogP contribution in [-0.2, 0) is 11.3 Å². The summed E-state index contributed by atoms with van der Waals surface area (Å²) in [4.78, 5) is 10.7. The van der Waals surface area contributed by atoms with Gasteiger partial charge in [0.1, 0.15) is 11.6 Å². The molecule has 1 atom stereocenters. The lowest BCUT2D eigenvalue weighted by molar-refractivity contribution is -0.144. The summed E-state index contributed by atoms with van der Waals surface area (Å²) in [6, 6.07) is 4.07. The lowest BCUT2D eigenvalue weighted by Crippen LogP contribution is -2.24. The number of nitrogens with one attached hydrogen (secondary N) is 1. The van der Waals surface area contributed by atoms with Crippen LogP contribution in [0.4, 0.5) is 4.39 Å². The number of carboxylic acids is 1. The molecule has 0 radical (unpaired) electrons. The van der Waals surface area contributed by atoms with E-state index in [0.29, 0.717) is 17.9 Å². The minimum atomic E-state index is -1.05. The van der Waals surface area contributed by atoms with E-state index in [1.807, 2.05) is 6.92 Å². The smallest absolute Gasteiger partial charge is 0.344 e. The molecule has 0 fully saturated rings. The Balaban J connectivity index is 2.78. The van der Waals surface area contributed by atoms with Crippen LogP contribution < -0.4 is 10.1 Å². The molecular formula is C13H18FNO3. The quantitative estimate of drug-likeness (QED) is 0.733. The van der Waals surface area contributed by atoms with Gasteiger partial charge in [-0.05, 0) is 38.1 Å². The number of ether oxygens (including phenoxy) is 1. The van der Waals surface area contributed by atoms with Crippen LogP contribution >= 0.6 is 0 Å². The topological polar surface area (TPSA) is 58.6 Å². The summed E-state index contributed by atoms with van der Waals surface area (Å²) in [5, 5.41) is 11.9. The summed E-state index contributed by atoms with van der Waals surface area (Å²) in [5.74, 6) is -1.01. The number of carboxylic acid groups (broad SMARTS) is 1. The highest BCUT2D eigenvalue weighted by Crippen LogP contribution is 2.21. The highest BCUT2D eigenvalue weighted by Gasteiger charge is 2.15. The minimum absolute atomic E-state index is 0.362. The van der Waals surface area contributed by atoms with Crippen LogP contribution in [-0.4, -0.2) is 23.7 Å². The highest BCUT2D eigenvalue weighted by molar-refractivity contribution is 5.72. The van der Waals surface area contributed by atoms with E-state index in [1.165, 1.54) is 25.1 Å². The van der Waals surface area contributed by atoms with Crippen molar-refractivity contribution < 1.29 is 19.0 Å². The molecule has 4 nitrogen and oxygen atoms in total. The van der Waals surface area contributed by atoms with E-state index in [2.05, 4.69) is 5.32 Å². The Morgan fingerprint density at radius 2 is 2.28 bits per heavy atom. The van der Waals surface area contributed by atoms with E-state index in [-0.39, 0.29) is 5.82 Å². The molecule has 0 aliphatic rings. The molecule has 1 aromatic rings. The van der Waals surface area contributed by atoms with Crippen molar-refractivity contribution >= 4 is 5.97 Å². The van der Waals surface area contributed by atoms with Gasteiger partial charge in [0.05, 0.1) is 0 Å². The lowest BCUT2D eigenvalue weighted by atomic mass is 10.2. The molecule has 1 aromatic carbocycles. The van der Waals surface area contributed by atoms with Gasteiger partial charge in [-0.1, -0.05) is 6.92 Å². The predicted molar refractivity (Wildman–Crippen MR) is 66.1 cm³/mol. The van der Waals surface area contributed by atoms with Crippen molar-refractivity contribution in [3.63, 3.8) is 0 Å². The standard InChI is InChI=1S/C13H18FNO3/c1-3-6-15-8-10-7-11(14)4-5-12(10)18-9(2)13(16)17/h4-5,7,9,15H,3,6,8H2,1-2H3,(H,16,17). The number of rotatable bonds is 7. The van der Waals surface area contributed by atoms with Crippen LogP contribution in [0.15, 0.2) is 18.2 Å². The molecule has 0 saturated carbocycles. The van der Waals surface area contributed by atoms with Crippen molar-refractivity contribution in [2.45, 2.75) is 32.9 Å². The molecule has 0 spiro atoms. The van der Waals surface area contributed by atoms with Crippen molar-refractivity contribution in [2.75, 3.05) is 6.54 Å². The molecule has 0 aliphatic heterocycles. The fourth-order valence-electron chi connectivity index (χ4n) is 1.44. The van der Waals surface area contributed by atoms with E-state index in [0.717, 1.165) is 13.0 Å². The van der Waals surface area contributed by atoms with E-state index < -0.39 is 12.1 Å². The zero-order chi connectivity index (χ0) is 13.5. The molecule has 18 heavy (non-hydrogen) atoms. The monoisotopic (exact) mass is 255 g/mol. The second-order valence-electron chi connectivity index (χ2n) is 4.03. The Morgan fingerprint density at radius 3 is 2.89 bits per heavy atom. The summed E-state index contributed by atoms with van der Waals surface area (Å²) in [5.41, 5.74) is 0.622. The van der Waals surface area contributed by atoms with Gasteiger partial charge < -0.3 is 15.2 Å². The van der Waals surface area contributed by atoms with E-state index >= 15 is 0 Å². The van der Waals surface area contributed by atoms with Gasteiger partial charge in [-0.15, -0.1) is 0 Å². The normalized spacial score (nSPS) is 12.2. The van der Waals surface area contributed by atoms with Crippen LogP contribution in [0.3, 0.4) is 0 Å². The molecule has 100 valence electrons. The molecule has 5 heteroatoms. The average molecular weight is 255 g/mol. The average Bonchev–Trinajstić information content (AvgIpc) is 2.32. The highest BCUT2D eigenvalue weighted by atomic mass is 19.1. The zero-order valence-corrected chi connectivity index (χ0v) is 10.6. The Labute approximate surface area is 106 Å². The summed E-state index contributed by atoms with van der Waals surface area (Å²) in [6.45, 7) is 4.73. The number of halogens is 1. The first kappa shape index (κ1) is 14.4. The van der Waals surface area contributed by atoms with Crippen molar-refractivity contribution in [3.05, 3.63) is 29.6 Å². The van der Waals surface area contributed by atoms with Crippen LogP contribution in [0, 0.1) is 5.82 Å². The Bertz CT molecular complexity index is 409. The second-order valence-corrected chi connectivity index (χ2v) is 4.03. The minimum Gasteiger partial charge on any atom is -0.479 e. The third-order valence-corrected chi connectivity index (χ3v) is 2.42. The van der Waals surface area contributed by atoms with Gasteiger partial charge in [-0.25, -0.2) is 9.18 Å². The summed E-state index contributed by atoms with van der Waals surface area (Å²) >= 11 is 0. The molecule has 1 rings (SSSR count). The maximum Gasteiger partial charge on any atom is 0.344 e. The van der Waals surface area contributed by atoms with E-state index in [1.54, 1.807) is 0 Å². The van der Waals surface area contributed by atoms with Crippen LogP contribution in [0.25, 0.3) is 0 Å². The lowest BCUT2D eigenvalue weighted by Gasteiger charge is -2.15. The maximum absolute atomic E-state index is 13.2. The third kappa shape index (κ3) is 4.33. The Kier molecular flexibility index (Phi) is 5.58. The van der Waals surface area contributed by atoms with Gasteiger partial charge in [0, 0.05) is 12.1 Å². The zero-order valence-electron chi connectivity index (χ0n) is 10.6. The number of aliphatic carboxylic acids is 1. The molecule has 0 amide bonds. The summed E-state index contributed by atoms with van der Waals surface area (Å²) in [7, 11) is 0. The second kappa shape index (κ2) is 6.96. The van der Waals surface area contributed by atoms with Crippen molar-refractivity contribution in [1.82, 2.24) is 5.32 Å². The van der Waals surface area contributed by atoms with Crippen LogP contribution in [0.2, 0.25) is 0 Å². The predicted octanol–water partition coefficient (Wildman–Crippen LogP) is 2.18. The molecule has 0 heterocycles. The molecule has 0 bridgehead atoms. The van der Waals surface area contributed by atoms with E-state index in [4.69, 9.17) is 9.84 Å². The van der Waals surface area contributed by atoms with Gasteiger partial charge >= 0.3 is 5.97 Å².